The minimum atomic E-state index is -0.240. The third kappa shape index (κ3) is 3.96. The highest BCUT2D eigenvalue weighted by molar-refractivity contribution is 5.85. The molecule has 0 amide bonds. The van der Waals surface area contributed by atoms with Crippen molar-refractivity contribution >= 4 is 18.1 Å². The summed E-state index contributed by atoms with van der Waals surface area (Å²) in [6.45, 7) is 0.421. The van der Waals surface area contributed by atoms with E-state index in [9.17, 15) is 4.39 Å². The molecule has 0 aromatic heterocycles. The average molecular weight is 254 g/mol. The normalized spacial score (nSPS) is 9.47. The highest BCUT2D eigenvalue weighted by atomic mass is 35.5. The summed E-state index contributed by atoms with van der Waals surface area (Å²) >= 11 is 0. The lowest BCUT2D eigenvalue weighted by Gasteiger charge is -2.06. The minimum absolute atomic E-state index is 0. The standard InChI is InChI=1S/C13H12FNO.ClH/c14-11-3-1-10(2-4-11)9-16-13-7-5-12(15)6-8-13;/h1-8H,9,15H2;1H. The number of halogens is 2. The molecule has 0 aliphatic rings. The van der Waals surface area contributed by atoms with Gasteiger partial charge in [-0.15, -0.1) is 12.4 Å². The van der Waals surface area contributed by atoms with Crippen molar-refractivity contribution in [3.8, 4) is 5.75 Å². The Morgan fingerprint density at radius 2 is 1.53 bits per heavy atom. The van der Waals surface area contributed by atoms with Crippen molar-refractivity contribution in [2.45, 2.75) is 6.61 Å². The predicted octanol–water partition coefficient (Wildman–Crippen LogP) is 3.41. The zero-order chi connectivity index (χ0) is 11.4. The van der Waals surface area contributed by atoms with Gasteiger partial charge in [0, 0.05) is 5.69 Å². The molecule has 0 saturated carbocycles. The van der Waals surface area contributed by atoms with Crippen LogP contribution in [0.25, 0.3) is 0 Å². The highest BCUT2D eigenvalue weighted by Gasteiger charge is 1.96. The van der Waals surface area contributed by atoms with Crippen LogP contribution in [0.2, 0.25) is 0 Å². The molecule has 0 saturated heterocycles. The van der Waals surface area contributed by atoms with Crippen LogP contribution in [0.5, 0.6) is 5.75 Å². The van der Waals surface area contributed by atoms with Gasteiger partial charge >= 0.3 is 0 Å². The predicted molar refractivity (Wildman–Crippen MR) is 68.8 cm³/mol. The molecule has 0 aliphatic heterocycles. The van der Waals surface area contributed by atoms with Crippen LogP contribution in [0, 0.1) is 5.82 Å². The first-order chi connectivity index (χ1) is 7.74. The lowest BCUT2D eigenvalue weighted by Crippen LogP contribution is -1.95. The van der Waals surface area contributed by atoms with Crippen molar-refractivity contribution in [2.75, 3.05) is 5.73 Å². The smallest absolute Gasteiger partial charge is 0.123 e. The lowest BCUT2D eigenvalue weighted by atomic mass is 10.2. The molecule has 2 rings (SSSR count). The molecular formula is C13H13ClFNO. The van der Waals surface area contributed by atoms with Gasteiger partial charge in [-0.1, -0.05) is 12.1 Å². The summed E-state index contributed by atoms with van der Waals surface area (Å²) in [5.41, 5.74) is 7.19. The molecule has 0 heterocycles. The number of rotatable bonds is 3. The van der Waals surface area contributed by atoms with Crippen molar-refractivity contribution in [2.24, 2.45) is 0 Å². The fraction of sp³-hybridized carbons (Fsp3) is 0.0769. The molecule has 0 unspecified atom stereocenters. The zero-order valence-electron chi connectivity index (χ0n) is 9.10. The topological polar surface area (TPSA) is 35.2 Å². The molecule has 0 bridgehead atoms. The number of anilines is 1. The second-order valence-corrected chi connectivity index (χ2v) is 3.48. The molecule has 90 valence electrons. The van der Waals surface area contributed by atoms with Gasteiger partial charge in [-0.25, -0.2) is 4.39 Å². The Hall–Kier alpha value is -1.74. The first kappa shape index (κ1) is 13.3. The molecule has 2 aromatic rings. The summed E-state index contributed by atoms with van der Waals surface area (Å²) in [7, 11) is 0. The van der Waals surface area contributed by atoms with Gasteiger partial charge in [0.05, 0.1) is 0 Å². The van der Waals surface area contributed by atoms with Crippen molar-refractivity contribution in [3.63, 3.8) is 0 Å². The third-order valence-corrected chi connectivity index (χ3v) is 2.20. The maximum absolute atomic E-state index is 12.6. The minimum Gasteiger partial charge on any atom is -0.489 e. The largest absolute Gasteiger partial charge is 0.489 e. The highest BCUT2D eigenvalue weighted by Crippen LogP contribution is 2.15. The van der Waals surface area contributed by atoms with Crippen LogP contribution in [0.4, 0.5) is 10.1 Å². The number of nitrogen functional groups attached to an aromatic ring is 1. The number of hydrogen-bond donors (Lipinski definition) is 1. The number of ether oxygens (including phenoxy) is 1. The van der Waals surface area contributed by atoms with Gasteiger partial charge in [0.15, 0.2) is 0 Å². The first-order valence-corrected chi connectivity index (χ1v) is 4.97. The van der Waals surface area contributed by atoms with E-state index in [0.717, 1.165) is 11.3 Å². The Morgan fingerprint density at radius 3 is 2.12 bits per heavy atom. The Morgan fingerprint density at radius 1 is 0.941 bits per heavy atom. The van der Waals surface area contributed by atoms with Gasteiger partial charge in [0.25, 0.3) is 0 Å². The van der Waals surface area contributed by atoms with Gasteiger partial charge < -0.3 is 10.5 Å². The molecule has 2 aromatic carbocycles. The molecular weight excluding hydrogens is 241 g/mol. The maximum atomic E-state index is 12.6. The van der Waals surface area contributed by atoms with Crippen LogP contribution < -0.4 is 10.5 Å². The van der Waals surface area contributed by atoms with Crippen molar-refractivity contribution in [1.82, 2.24) is 0 Å². The second-order valence-electron chi connectivity index (χ2n) is 3.48. The van der Waals surface area contributed by atoms with Crippen LogP contribution in [-0.4, -0.2) is 0 Å². The van der Waals surface area contributed by atoms with Crippen LogP contribution >= 0.6 is 12.4 Å². The molecule has 0 spiro atoms. The molecule has 0 aliphatic carbocycles. The zero-order valence-corrected chi connectivity index (χ0v) is 9.91. The molecule has 4 heteroatoms. The van der Waals surface area contributed by atoms with E-state index >= 15 is 0 Å². The molecule has 2 nitrogen and oxygen atoms in total. The molecule has 2 N–H and O–H groups in total. The van der Waals surface area contributed by atoms with Crippen LogP contribution in [0.3, 0.4) is 0 Å². The van der Waals surface area contributed by atoms with Crippen molar-refractivity contribution in [1.29, 1.82) is 0 Å². The maximum Gasteiger partial charge on any atom is 0.123 e. The van der Waals surface area contributed by atoms with E-state index in [0.29, 0.717) is 12.3 Å². The van der Waals surface area contributed by atoms with Crippen molar-refractivity contribution in [3.05, 3.63) is 59.9 Å². The van der Waals surface area contributed by atoms with Gasteiger partial charge in [0.1, 0.15) is 18.2 Å². The van der Waals surface area contributed by atoms with E-state index in [1.807, 2.05) is 0 Å². The summed E-state index contributed by atoms with van der Waals surface area (Å²) < 4.78 is 18.1. The Kier molecular flexibility index (Phi) is 4.79. The van der Waals surface area contributed by atoms with E-state index in [1.54, 1.807) is 36.4 Å². The summed E-state index contributed by atoms with van der Waals surface area (Å²) in [6, 6.07) is 13.4. The van der Waals surface area contributed by atoms with E-state index in [2.05, 4.69) is 0 Å². The van der Waals surface area contributed by atoms with Crippen molar-refractivity contribution < 1.29 is 9.13 Å². The van der Waals surface area contributed by atoms with Gasteiger partial charge in [-0.05, 0) is 42.0 Å². The molecule has 17 heavy (non-hydrogen) atoms. The lowest BCUT2D eigenvalue weighted by molar-refractivity contribution is 0.306. The van der Waals surface area contributed by atoms with E-state index in [1.165, 1.54) is 12.1 Å². The van der Waals surface area contributed by atoms with Gasteiger partial charge in [0.2, 0.25) is 0 Å². The van der Waals surface area contributed by atoms with E-state index in [4.69, 9.17) is 10.5 Å². The number of hydrogen-bond acceptors (Lipinski definition) is 2. The van der Waals surface area contributed by atoms with Crippen LogP contribution in [0.15, 0.2) is 48.5 Å². The summed E-state index contributed by atoms with van der Waals surface area (Å²) in [5, 5.41) is 0. The van der Waals surface area contributed by atoms with E-state index < -0.39 is 0 Å². The summed E-state index contributed by atoms with van der Waals surface area (Å²) in [4.78, 5) is 0. The van der Waals surface area contributed by atoms with Crippen LogP contribution in [0.1, 0.15) is 5.56 Å². The number of nitrogens with two attached hydrogens (primary N) is 1. The fourth-order valence-electron chi connectivity index (χ4n) is 1.31. The van der Waals surface area contributed by atoms with Crippen LogP contribution in [-0.2, 0) is 6.61 Å². The third-order valence-electron chi connectivity index (χ3n) is 2.20. The Bertz CT molecular complexity index is 410. The van der Waals surface area contributed by atoms with Gasteiger partial charge in [-0.2, -0.15) is 0 Å². The fourth-order valence-corrected chi connectivity index (χ4v) is 1.31. The summed E-state index contributed by atoms with van der Waals surface area (Å²) in [5.74, 6) is 0.509. The molecule has 0 fully saturated rings. The monoisotopic (exact) mass is 253 g/mol. The Balaban J connectivity index is 0.00000144. The average Bonchev–Trinajstić information content (AvgIpc) is 2.30. The first-order valence-electron chi connectivity index (χ1n) is 4.97. The molecule has 0 radical (unpaired) electrons. The number of benzene rings is 2. The summed E-state index contributed by atoms with van der Waals surface area (Å²) in [6.07, 6.45) is 0. The molecule has 0 atom stereocenters. The van der Waals surface area contributed by atoms with Gasteiger partial charge in [-0.3, -0.25) is 0 Å². The SMILES string of the molecule is Cl.Nc1ccc(OCc2ccc(F)cc2)cc1. The second kappa shape index (κ2) is 6.11. The van der Waals surface area contributed by atoms with E-state index in [-0.39, 0.29) is 18.2 Å². The Labute approximate surface area is 106 Å². The quantitative estimate of drug-likeness (QED) is 0.851.